The Labute approximate surface area is 126 Å². The Morgan fingerprint density at radius 1 is 1.26 bits per heavy atom. The van der Waals surface area contributed by atoms with Gasteiger partial charge in [-0.25, -0.2) is 4.39 Å². The van der Waals surface area contributed by atoms with Gasteiger partial charge in [-0.3, -0.25) is 0 Å². The lowest BCUT2D eigenvalue weighted by Crippen LogP contribution is -1.93. The van der Waals surface area contributed by atoms with Crippen molar-refractivity contribution in [2.75, 3.05) is 5.33 Å². The van der Waals surface area contributed by atoms with E-state index in [1.807, 2.05) is 18.2 Å². The first-order chi connectivity index (χ1) is 9.11. The summed E-state index contributed by atoms with van der Waals surface area (Å²) in [7, 11) is 0. The lowest BCUT2D eigenvalue weighted by Gasteiger charge is -2.06. The molecule has 0 spiro atoms. The molecule has 0 fully saturated rings. The molecule has 2 aromatic rings. The molecule has 0 aliphatic rings. The normalized spacial score (nSPS) is 12.2. The van der Waals surface area contributed by atoms with Crippen molar-refractivity contribution < 1.29 is 4.39 Å². The molecule has 0 unspecified atom stereocenters. The molecule has 1 heterocycles. The van der Waals surface area contributed by atoms with Crippen LogP contribution in [0.5, 0.6) is 0 Å². The van der Waals surface area contributed by atoms with Crippen LogP contribution in [-0.4, -0.2) is 5.33 Å². The van der Waals surface area contributed by atoms with Gasteiger partial charge in [0.25, 0.3) is 0 Å². The summed E-state index contributed by atoms with van der Waals surface area (Å²) < 4.78 is 13.7. The summed E-state index contributed by atoms with van der Waals surface area (Å²) in [5.41, 5.74) is 2.03. The maximum Gasteiger partial charge on any atom is 0.131 e. The van der Waals surface area contributed by atoms with Gasteiger partial charge in [-0.1, -0.05) is 53.5 Å². The first kappa shape index (κ1) is 14.5. The molecule has 0 radical (unpaired) electrons. The van der Waals surface area contributed by atoms with Gasteiger partial charge >= 0.3 is 0 Å². The van der Waals surface area contributed by atoms with Crippen molar-refractivity contribution in [3.63, 3.8) is 0 Å². The van der Waals surface area contributed by atoms with Gasteiger partial charge in [-0.15, -0.1) is 11.3 Å². The average Bonchev–Trinajstić information content (AvgIpc) is 2.84. The molecule has 0 atom stereocenters. The lowest BCUT2D eigenvalue weighted by atomic mass is 10.0. The number of hydrogen-bond donors (Lipinski definition) is 0. The topological polar surface area (TPSA) is 0 Å². The molecule has 1 aromatic heterocycles. The van der Waals surface area contributed by atoms with Crippen LogP contribution in [0.15, 0.2) is 42.0 Å². The second kappa shape index (κ2) is 6.49. The van der Waals surface area contributed by atoms with Crippen molar-refractivity contribution in [3.8, 4) is 10.4 Å². The lowest BCUT2D eigenvalue weighted by molar-refractivity contribution is 0.631. The highest BCUT2D eigenvalue weighted by molar-refractivity contribution is 9.09. The first-order valence-electron chi connectivity index (χ1n) is 6.23. The summed E-state index contributed by atoms with van der Waals surface area (Å²) in [6, 6.07) is 10.9. The number of alkyl halides is 1. The van der Waals surface area contributed by atoms with E-state index < -0.39 is 0 Å². The highest BCUT2D eigenvalue weighted by Crippen LogP contribution is 2.31. The Morgan fingerprint density at radius 2 is 2.00 bits per heavy atom. The van der Waals surface area contributed by atoms with Gasteiger partial charge in [0, 0.05) is 20.6 Å². The van der Waals surface area contributed by atoms with Crippen LogP contribution >= 0.6 is 27.3 Å². The third-order valence-corrected chi connectivity index (χ3v) is 4.70. The van der Waals surface area contributed by atoms with Crippen LogP contribution in [0.4, 0.5) is 4.39 Å². The predicted octanol–water partition coefficient (Wildman–Crippen LogP) is 5.99. The molecule has 0 aliphatic carbocycles. The largest absolute Gasteiger partial charge is 0.206 e. The molecular formula is C16H16BrFS. The van der Waals surface area contributed by atoms with Crippen LogP contribution in [-0.2, 0) is 0 Å². The van der Waals surface area contributed by atoms with Gasteiger partial charge in [0.2, 0.25) is 0 Å². The van der Waals surface area contributed by atoms with Crippen LogP contribution in [0.2, 0.25) is 0 Å². The highest BCUT2D eigenvalue weighted by Gasteiger charge is 2.08. The number of allylic oxidation sites excluding steroid dienone is 1. The summed E-state index contributed by atoms with van der Waals surface area (Å²) in [6.45, 7) is 4.36. The number of rotatable bonds is 4. The van der Waals surface area contributed by atoms with E-state index >= 15 is 0 Å². The van der Waals surface area contributed by atoms with Gasteiger partial charge < -0.3 is 0 Å². The fraction of sp³-hybridized carbons (Fsp3) is 0.250. The highest BCUT2D eigenvalue weighted by atomic mass is 79.9. The second-order valence-corrected chi connectivity index (χ2v) is 6.37. The maximum atomic E-state index is 13.7. The zero-order chi connectivity index (χ0) is 13.8. The quantitative estimate of drug-likeness (QED) is 0.600. The molecular weight excluding hydrogens is 323 g/mol. The van der Waals surface area contributed by atoms with E-state index in [0.717, 1.165) is 10.2 Å². The van der Waals surface area contributed by atoms with Crippen LogP contribution in [0.3, 0.4) is 0 Å². The molecule has 0 N–H and O–H groups in total. The zero-order valence-electron chi connectivity index (χ0n) is 11.0. The molecule has 0 amide bonds. The Kier molecular flexibility index (Phi) is 4.94. The average molecular weight is 339 g/mol. The van der Waals surface area contributed by atoms with Crippen LogP contribution in [0.1, 0.15) is 18.7 Å². The van der Waals surface area contributed by atoms with Crippen molar-refractivity contribution in [1.29, 1.82) is 0 Å². The molecule has 0 saturated carbocycles. The van der Waals surface area contributed by atoms with Crippen LogP contribution in [0.25, 0.3) is 16.5 Å². The van der Waals surface area contributed by atoms with Crippen LogP contribution < -0.4 is 0 Å². The second-order valence-electron chi connectivity index (χ2n) is 4.69. The minimum absolute atomic E-state index is 0.163. The van der Waals surface area contributed by atoms with Gasteiger partial charge in [0.1, 0.15) is 5.82 Å². The SMILES string of the molecule is CC(C)C(=Cc1ccc(-c2ccccc2F)s1)CBr. The number of halogens is 2. The molecule has 100 valence electrons. The monoisotopic (exact) mass is 338 g/mol. The first-order valence-corrected chi connectivity index (χ1v) is 8.16. The van der Waals surface area contributed by atoms with E-state index in [2.05, 4.69) is 41.9 Å². The van der Waals surface area contributed by atoms with Crippen molar-refractivity contribution in [2.45, 2.75) is 13.8 Å². The summed E-state index contributed by atoms with van der Waals surface area (Å²) in [5, 5.41) is 0.873. The minimum Gasteiger partial charge on any atom is -0.206 e. The molecule has 3 heteroatoms. The summed E-state index contributed by atoms with van der Waals surface area (Å²) in [5.74, 6) is 0.350. The van der Waals surface area contributed by atoms with Crippen molar-refractivity contribution in [1.82, 2.24) is 0 Å². The Hall–Kier alpha value is -0.930. The van der Waals surface area contributed by atoms with Gasteiger partial charge in [-0.2, -0.15) is 0 Å². The number of thiophene rings is 1. The third kappa shape index (κ3) is 3.54. The van der Waals surface area contributed by atoms with Crippen molar-refractivity contribution in [2.24, 2.45) is 5.92 Å². The van der Waals surface area contributed by atoms with Gasteiger partial charge in [0.15, 0.2) is 0 Å². The summed E-state index contributed by atoms with van der Waals surface area (Å²) >= 11 is 5.14. The predicted molar refractivity (Wildman–Crippen MR) is 86.3 cm³/mol. The smallest absolute Gasteiger partial charge is 0.131 e. The van der Waals surface area contributed by atoms with Crippen LogP contribution in [0, 0.1) is 11.7 Å². The molecule has 2 rings (SSSR count). The van der Waals surface area contributed by atoms with Gasteiger partial charge in [0.05, 0.1) is 0 Å². The Morgan fingerprint density at radius 3 is 2.63 bits per heavy atom. The molecule has 19 heavy (non-hydrogen) atoms. The summed E-state index contributed by atoms with van der Waals surface area (Å²) in [4.78, 5) is 2.14. The Balaban J connectivity index is 2.32. The maximum absolute atomic E-state index is 13.7. The fourth-order valence-electron chi connectivity index (χ4n) is 1.78. The molecule has 0 bridgehead atoms. The van der Waals surface area contributed by atoms with E-state index in [0.29, 0.717) is 11.5 Å². The molecule has 1 aromatic carbocycles. The fourth-order valence-corrected chi connectivity index (χ4v) is 3.60. The summed E-state index contributed by atoms with van der Waals surface area (Å²) in [6.07, 6.45) is 2.19. The van der Waals surface area contributed by atoms with Gasteiger partial charge in [-0.05, 0) is 30.2 Å². The van der Waals surface area contributed by atoms with E-state index in [9.17, 15) is 4.39 Å². The van der Waals surface area contributed by atoms with Crippen molar-refractivity contribution >= 4 is 33.3 Å². The molecule has 0 saturated heterocycles. The van der Waals surface area contributed by atoms with E-state index in [-0.39, 0.29) is 5.82 Å². The number of hydrogen-bond acceptors (Lipinski definition) is 1. The van der Waals surface area contributed by atoms with E-state index in [1.54, 1.807) is 17.4 Å². The molecule has 0 nitrogen and oxygen atoms in total. The minimum atomic E-state index is -0.163. The standard InChI is InChI=1S/C16H16BrFS/c1-11(2)12(10-17)9-13-7-8-16(19-13)14-5-3-4-6-15(14)18/h3-9,11H,10H2,1-2H3. The Bertz CT molecular complexity index is 584. The van der Waals surface area contributed by atoms with E-state index in [1.165, 1.54) is 16.5 Å². The third-order valence-electron chi connectivity index (χ3n) is 2.99. The number of benzene rings is 1. The molecule has 0 aliphatic heterocycles. The van der Waals surface area contributed by atoms with Crippen molar-refractivity contribution in [3.05, 3.63) is 52.7 Å². The van der Waals surface area contributed by atoms with E-state index in [4.69, 9.17) is 0 Å². The zero-order valence-corrected chi connectivity index (χ0v) is 13.4.